The summed E-state index contributed by atoms with van der Waals surface area (Å²) in [4.78, 5) is 34.2. The number of methoxy groups -OCH3 is 1. The minimum absolute atomic E-state index is 0.127. The summed E-state index contributed by atoms with van der Waals surface area (Å²) in [5.41, 5.74) is 0. The highest BCUT2D eigenvalue weighted by Crippen LogP contribution is 1.92. The molecule has 0 spiro atoms. The Morgan fingerprint density at radius 2 is 1.70 bits per heavy atom. The van der Waals surface area contributed by atoms with Crippen LogP contribution in [0.2, 0.25) is 0 Å². The van der Waals surface area contributed by atoms with E-state index in [4.69, 9.17) is 0 Å². The predicted molar refractivity (Wildman–Crippen MR) is 74.9 cm³/mol. The van der Waals surface area contributed by atoms with E-state index in [0.29, 0.717) is 12.5 Å². The van der Waals surface area contributed by atoms with E-state index in [9.17, 15) is 14.4 Å². The molecule has 0 aliphatic carbocycles. The fraction of sp³-hybridized carbons (Fsp3) is 0.769. The molecule has 116 valence electrons. The summed E-state index contributed by atoms with van der Waals surface area (Å²) < 4.78 is 4.59. The van der Waals surface area contributed by atoms with Crippen molar-refractivity contribution in [2.24, 2.45) is 5.92 Å². The van der Waals surface area contributed by atoms with Crippen molar-refractivity contribution in [3.05, 3.63) is 0 Å². The third kappa shape index (κ3) is 7.73. The number of ether oxygens (including phenoxy) is 1. The summed E-state index contributed by atoms with van der Waals surface area (Å²) in [7, 11) is 1.25. The molecule has 0 bridgehead atoms. The van der Waals surface area contributed by atoms with Gasteiger partial charge < -0.3 is 20.7 Å². The molecule has 0 aromatic heterocycles. The molecular formula is C13H25N3O4. The molecule has 2 amide bonds. The van der Waals surface area contributed by atoms with Crippen molar-refractivity contribution in [3.8, 4) is 0 Å². The van der Waals surface area contributed by atoms with Crippen molar-refractivity contribution in [2.45, 2.75) is 39.8 Å². The van der Waals surface area contributed by atoms with Crippen LogP contribution in [0.15, 0.2) is 0 Å². The molecule has 0 rings (SSSR count). The monoisotopic (exact) mass is 287 g/mol. The molecule has 0 aliphatic rings. The Hall–Kier alpha value is -1.63. The van der Waals surface area contributed by atoms with Crippen molar-refractivity contribution < 1.29 is 19.1 Å². The number of hydrogen-bond donors (Lipinski definition) is 3. The molecule has 0 aromatic rings. The summed E-state index contributed by atoms with van der Waals surface area (Å²) in [6, 6.07) is -1.27. The maximum atomic E-state index is 11.7. The molecule has 20 heavy (non-hydrogen) atoms. The van der Waals surface area contributed by atoms with Gasteiger partial charge in [0.25, 0.3) is 0 Å². The van der Waals surface area contributed by atoms with Crippen LogP contribution in [0.1, 0.15) is 27.7 Å². The quantitative estimate of drug-likeness (QED) is 0.519. The topological polar surface area (TPSA) is 96.5 Å². The van der Waals surface area contributed by atoms with Crippen LogP contribution in [-0.2, 0) is 19.1 Å². The van der Waals surface area contributed by atoms with Crippen LogP contribution in [0.25, 0.3) is 0 Å². The summed E-state index contributed by atoms with van der Waals surface area (Å²) in [5.74, 6) is -0.667. The summed E-state index contributed by atoms with van der Waals surface area (Å²) in [6.07, 6.45) is 0. The predicted octanol–water partition coefficient (Wildman–Crippen LogP) is -0.586. The molecule has 2 atom stereocenters. The number of rotatable bonds is 8. The Morgan fingerprint density at radius 3 is 2.15 bits per heavy atom. The Labute approximate surface area is 119 Å². The number of hydrogen-bond acceptors (Lipinski definition) is 5. The molecule has 0 aromatic carbocycles. The standard InChI is InChI=1S/C13H25N3O4/c1-8(2)6-15-12(18)9(3)14-7-11(13(19)20-5)16-10(4)17/h8-9,11,14H,6-7H2,1-5H3,(H,15,18)(H,16,17). The van der Waals surface area contributed by atoms with Crippen LogP contribution in [0.5, 0.6) is 0 Å². The van der Waals surface area contributed by atoms with Crippen LogP contribution >= 0.6 is 0 Å². The van der Waals surface area contributed by atoms with Gasteiger partial charge >= 0.3 is 5.97 Å². The Kier molecular flexibility index (Phi) is 8.54. The lowest BCUT2D eigenvalue weighted by Gasteiger charge is -2.19. The lowest BCUT2D eigenvalue weighted by molar-refractivity contribution is -0.144. The second-order valence-corrected chi connectivity index (χ2v) is 5.05. The van der Waals surface area contributed by atoms with Crippen LogP contribution in [0.4, 0.5) is 0 Å². The zero-order valence-corrected chi connectivity index (χ0v) is 12.8. The van der Waals surface area contributed by atoms with Crippen molar-refractivity contribution in [2.75, 3.05) is 20.2 Å². The van der Waals surface area contributed by atoms with Gasteiger partial charge in [0, 0.05) is 20.0 Å². The van der Waals surface area contributed by atoms with Crippen LogP contribution in [0.3, 0.4) is 0 Å². The van der Waals surface area contributed by atoms with Gasteiger partial charge in [-0.15, -0.1) is 0 Å². The molecule has 0 radical (unpaired) electrons. The fourth-order valence-electron chi connectivity index (χ4n) is 1.43. The van der Waals surface area contributed by atoms with E-state index >= 15 is 0 Å². The average Bonchev–Trinajstić information content (AvgIpc) is 2.38. The molecule has 0 heterocycles. The van der Waals surface area contributed by atoms with E-state index in [1.807, 2.05) is 13.8 Å². The zero-order valence-electron chi connectivity index (χ0n) is 12.8. The van der Waals surface area contributed by atoms with E-state index in [1.165, 1.54) is 14.0 Å². The van der Waals surface area contributed by atoms with Gasteiger partial charge in [-0.25, -0.2) is 4.79 Å². The van der Waals surface area contributed by atoms with Gasteiger partial charge in [0.05, 0.1) is 13.2 Å². The van der Waals surface area contributed by atoms with Crippen molar-refractivity contribution >= 4 is 17.8 Å². The van der Waals surface area contributed by atoms with Crippen LogP contribution < -0.4 is 16.0 Å². The van der Waals surface area contributed by atoms with E-state index in [1.54, 1.807) is 6.92 Å². The summed E-state index contributed by atoms with van der Waals surface area (Å²) >= 11 is 0. The molecule has 2 unspecified atom stereocenters. The second kappa shape index (κ2) is 9.30. The number of nitrogens with one attached hydrogen (secondary N) is 3. The molecule has 0 aliphatic heterocycles. The van der Waals surface area contributed by atoms with Crippen LogP contribution in [0, 0.1) is 5.92 Å². The molecular weight excluding hydrogens is 262 g/mol. The SMILES string of the molecule is COC(=O)C(CNC(C)C(=O)NCC(C)C)NC(C)=O. The van der Waals surface area contributed by atoms with Crippen molar-refractivity contribution in [3.63, 3.8) is 0 Å². The van der Waals surface area contributed by atoms with Crippen LogP contribution in [-0.4, -0.2) is 50.1 Å². The minimum atomic E-state index is -0.808. The first-order valence-corrected chi connectivity index (χ1v) is 6.64. The van der Waals surface area contributed by atoms with E-state index in [0.717, 1.165) is 0 Å². The highest BCUT2D eigenvalue weighted by molar-refractivity contribution is 5.84. The Morgan fingerprint density at radius 1 is 1.10 bits per heavy atom. The number of esters is 1. The van der Waals surface area contributed by atoms with Crippen molar-refractivity contribution in [1.82, 2.24) is 16.0 Å². The van der Waals surface area contributed by atoms with Gasteiger partial charge in [0.15, 0.2) is 0 Å². The van der Waals surface area contributed by atoms with Gasteiger partial charge in [0.1, 0.15) is 6.04 Å². The van der Waals surface area contributed by atoms with E-state index in [-0.39, 0.29) is 18.4 Å². The lowest BCUT2D eigenvalue weighted by Crippen LogP contribution is -2.52. The molecule has 0 fully saturated rings. The van der Waals surface area contributed by atoms with E-state index < -0.39 is 18.1 Å². The average molecular weight is 287 g/mol. The maximum absolute atomic E-state index is 11.7. The maximum Gasteiger partial charge on any atom is 0.329 e. The fourth-order valence-corrected chi connectivity index (χ4v) is 1.43. The second-order valence-electron chi connectivity index (χ2n) is 5.05. The normalized spacial score (nSPS) is 13.5. The summed E-state index contributed by atoms with van der Waals surface area (Å²) in [5, 5.41) is 8.15. The number of carbonyl (C=O) groups is 3. The van der Waals surface area contributed by atoms with E-state index in [2.05, 4.69) is 20.7 Å². The highest BCUT2D eigenvalue weighted by Gasteiger charge is 2.22. The molecule has 0 saturated carbocycles. The first-order valence-electron chi connectivity index (χ1n) is 6.64. The highest BCUT2D eigenvalue weighted by atomic mass is 16.5. The third-order valence-electron chi connectivity index (χ3n) is 2.57. The Bertz CT molecular complexity index is 345. The number of amides is 2. The van der Waals surface area contributed by atoms with Gasteiger partial charge in [-0.05, 0) is 12.8 Å². The summed E-state index contributed by atoms with van der Waals surface area (Å²) in [6.45, 7) is 7.73. The first kappa shape index (κ1) is 18.4. The van der Waals surface area contributed by atoms with Gasteiger partial charge in [-0.2, -0.15) is 0 Å². The first-order chi connectivity index (χ1) is 9.27. The van der Waals surface area contributed by atoms with Gasteiger partial charge in [0.2, 0.25) is 11.8 Å². The number of carbonyl (C=O) groups excluding carboxylic acids is 3. The Balaban J connectivity index is 4.28. The molecule has 7 heteroatoms. The smallest absolute Gasteiger partial charge is 0.329 e. The van der Waals surface area contributed by atoms with Gasteiger partial charge in [-0.3, -0.25) is 9.59 Å². The molecule has 3 N–H and O–H groups in total. The largest absolute Gasteiger partial charge is 0.467 e. The lowest BCUT2D eigenvalue weighted by atomic mass is 10.2. The third-order valence-corrected chi connectivity index (χ3v) is 2.57. The molecule has 7 nitrogen and oxygen atoms in total. The minimum Gasteiger partial charge on any atom is -0.467 e. The van der Waals surface area contributed by atoms with Crippen molar-refractivity contribution in [1.29, 1.82) is 0 Å². The van der Waals surface area contributed by atoms with Gasteiger partial charge in [-0.1, -0.05) is 13.8 Å². The molecule has 0 saturated heterocycles. The zero-order chi connectivity index (χ0) is 15.7.